The maximum absolute atomic E-state index is 2.61. The number of hydrogen-bond acceptors (Lipinski definition) is 0. The number of fused-ring (bicyclic) bond motifs is 9. The van der Waals surface area contributed by atoms with E-state index in [0.29, 0.717) is 0 Å². The lowest BCUT2D eigenvalue weighted by molar-refractivity contribution is 0.372. The molecule has 1 fully saturated rings. The summed E-state index contributed by atoms with van der Waals surface area (Å²) in [4.78, 5) is 0. The van der Waals surface area contributed by atoms with Crippen LogP contribution in [0, 0.1) is 17.8 Å². The van der Waals surface area contributed by atoms with Gasteiger partial charge in [-0.1, -0.05) is 106 Å². The smallest absolute Gasteiger partial charge is 0.0541 e. The molecule has 51 heavy (non-hydrogen) atoms. The molecule has 0 saturated heterocycles. The molecular weight excluding hydrogens is 619 g/mol. The summed E-state index contributed by atoms with van der Waals surface area (Å²) >= 11 is 0. The second-order valence-corrected chi connectivity index (χ2v) is 15.5. The number of para-hydroxylation sites is 4. The Hall–Kier alpha value is -5.28. The van der Waals surface area contributed by atoms with E-state index in [1.807, 2.05) is 0 Å². The number of aromatic nitrogens is 3. The van der Waals surface area contributed by atoms with Gasteiger partial charge in [-0.2, -0.15) is 0 Å². The molecule has 0 amide bonds. The van der Waals surface area contributed by atoms with Crippen molar-refractivity contribution in [3.05, 3.63) is 133 Å². The molecule has 3 heteroatoms. The van der Waals surface area contributed by atoms with Crippen molar-refractivity contribution in [1.82, 2.24) is 13.7 Å². The molecular formula is C48H45N3. The highest BCUT2D eigenvalue weighted by Crippen LogP contribution is 2.40. The Morgan fingerprint density at radius 3 is 1.33 bits per heavy atom. The van der Waals surface area contributed by atoms with E-state index in [-0.39, 0.29) is 0 Å². The van der Waals surface area contributed by atoms with Crippen molar-refractivity contribution in [2.45, 2.75) is 58.9 Å². The Kier molecular flexibility index (Phi) is 7.30. The Morgan fingerprint density at radius 2 is 0.902 bits per heavy atom. The van der Waals surface area contributed by atoms with E-state index in [0.717, 1.165) is 24.3 Å². The van der Waals surface area contributed by atoms with Crippen LogP contribution < -0.4 is 0 Å². The standard InChI is InChI=1S/C48H45N3/c1-32-28-33(2)34(29-32)14-4-3-13-27-49-43-25-23-35(50-45-19-9-5-15-37(45)38-16-6-10-20-46(38)50)30-41(43)42-31-36(24-26-44(42)49)51-47-21-11-7-17-39(47)40-18-8-12-22-48(40)51/h5-12,15-26,30-34H,3-4,13-14,27-29H2,1-2H3. The highest BCUT2D eigenvalue weighted by molar-refractivity contribution is 6.13. The minimum Gasteiger partial charge on any atom is -0.340 e. The molecule has 10 rings (SSSR count). The fourth-order valence-electron chi connectivity index (χ4n) is 9.93. The van der Waals surface area contributed by atoms with Gasteiger partial charge in [0, 0.05) is 61.3 Å². The van der Waals surface area contributed by atoms with Gasteiger partial charge in [0.2, 0.25) is 0 Å². The molecule has 0 N–H and O–H groups in total. The van der Waals surface area contributed by atoms with Gasteiger partial charge in [0.15, 0.2) is 0 Å². The molecule has 252 valence electrons. The summed E-state index contributed by atoms with van der Waals surface area (Å²) in [5.74, 6) is 2.72. The van der Waals surface area contributed by atoms with Crippen molar-refractivity contribution >= 4 is 65.4 Å². The quantitative estimate of drug-likeness (QED) is 0.144. The largest absolute Gasteiger partial charge is 0.340 e. The van der Waals surface area contributed by atoms with E-state index >= 15 is 0 Å². The molecule has 3 aromatic heterocycles. The number of hydrogen-bond donors (Lipinski definition) is 0. The summed E-state index contributed by atoms with van der Waals surface area (Å²) in [5, 5.41) is 7.83. The molecule has 1 aliphatic rings. The average Bonchev–Trinajstić information content (AvgIpc) is 3.88. The van der Waals surface area contributed by atoms with Crippen molar-refractivity contribution in [3.8, 4) is 11.4 Å². The van der Waals surface area contributed by atoms with E-state index in [1.165, 1.54) is 115 Å². The molecule has 1 aliphatic carbocycles. The number of unbranched alkanes of at least 4 members (excludes halogenated alkanes) is 2. The van der Waals surface area contributed by atoms with Crippen molar-refractivity contribution in [2.75, 3.05) is 0 Å². The molecule has 3 heterocycles. The predicted molar refractivity (Wildman–Crippen MR) is 218 cm³/mol. The van der Waals surface area contributed by atoms with Crippen LogP contribution >= 0.6 is 0 Å². The summed E-state index contributed by atoms with van der Waals surface area (Å²) in [6.07, 6.45) is 8.07. The van der Waals surface area contributed by atoms with E-state index < -0.39 is 0 Å². The third-order valence-corrected chi connectivity index (χ3v) is 12.2. The summed E-state index contributed by atoms with van der Waals surface area (Å²) in [5.41, 5.74) is 10.1. The number of nitrogens with zero attached hydrogens (tertiary/aromatic N) is 3. The second-order valence-electron chi connectivity index (χ2n) is 15.5. The fraction of sp³-hybridized carbons (Fsp3) is 0.250. The lowest BCUT2D eigenvalue weighted by Crippen LogP contribution is -2.04. The van der Waals surface area contributed by atoms with E-state index in [4.69, 9.17) is 0 Å². The zero-order valence-electron chi connectivity index (χ0n) is 29.7. The average molecular weight is 664 g/mol. The summed E-state index contributed by atoms with van der Waals surface area (Å²) in [7, 11) is 0. The van der Waals surface area contributed by atoms with Gasteiger partial charge in [-0.15, -0.1) is 0 Å². The first-order valence-electron chi connectivity index (χ1n) is 19.2. The molecule has 6 aromatic carbocycles. The highest BCUT2D eigenvalue weighted by Gasteiger charge is 2.28. The molecule has 0 spiro atoms. The minimum absolute atomic E-state index is 0.893. The molecule has 0 aliphatic heterocycles. The molecule has 0 radical (unpaired) electrons. The van der Waals surface area contributed by atoms with Crippen LogP contribution in [-0.2, 0) is 6.54 Å². The van der Waals surface area contributed by atoms with Gasteiger partial charge in [-0.05, 0) is 97.7 Å². The fourth-order valence-corrected chi connectivity index (χ4v) is 9.93. The van der Waals surface area contributed by atoms with Gasteiger partial charge in [-0.25, -0.2) is 0 Å². The van der Waals surface area contributed by atoms with Gasteiger partial charge in [0.25, 0.3) is 0 Å². The monoisotopic (exact) mass is 663 g/mol. The first-order valence-corrected chi connectivity index (χ1v) is 19.2. The van der Waals surface area contributed by atoms with Crippen LogP contribution in [-0.4, -0.2) is 13.7 Å². The van der Waals surface area contributed by atoms with E-state index in [9.17, 15) is 0 Å². The van der Waals surface area contributed by atoms with Crippen molar-refractivity contribution < 1.29 is 0 Å². The number of aryl methyl sites for hydroxylation is 1. The lowest BCUT2D eigenvalue weighted by atomic mass is 9.92. The maximum atomic E-state index is 2.61. The van der Waals surface area contributed by atoms with Crippen LogP contribution in [0.2, 0.25) is 0 Å². The van der Waals surface area contributed by atoms with Gasteiger partial charge in [-0.3, -0.25) is 0 Å². The van der Waals surface area contributed by atoms with Crippen LogP contribution in [0.1, 0.15) is 52.4 Å². The predicted octanol–water partition coefficient (Wildman–Crippen LogP) is 13.2. The molecule has 3 unspecified atom stereocenters. The third-order valence-electron chi connectivity index (χ3n) is 12.2. The van der Waals surface area contributed by atoms with Crippen LogP contribution in [0.5, 0.6) is 0 Å². The molecule has 9 aromatic rings. The van der Waals surface area contributed by atoms with Crippen LogP contribution in [0.25, 0.3) is 76.8 Å². The SMILES string of the molecule is CC1CC(C)C(CCCCCn2c3ccc(-n4c5ccccc5c5ccccc54)cc3c3cc(-n4c5ccccc5c5ccccc54)ccc32)C1. The molecule has 1 saturated carbocycles. The van der Waals surface area contributed by atoms with Gasteiger partial charge in [0.05, 0.1) is 22.1 Å². The Morgan fingerprint density at radius 1 is 0.451 bits per heavy atom. The summed E-state index contributed by atoms with van der Waals surface area (Å²) < 4.78 is 7.51. The van der Waals surface area contributed by atoms with Crippen molar-refractivity contribution in [3.63, 3.8) is 0 Å². The normalized spacial score (nSPS) is 18.0. The zero-order chi connectivity index (χ0) is 34.1. The maximum Gasteiger partial charge on any atom is 0.0541 e. The van der Waals surface area contributed by atoms with Crippen LogP contribution in [0.3, 0.4) is 0 Å². The van der Waals surface area contributed by atoms with Crippen molar-refractivity contribution in [1.29, 1.82) is 0 Å². The second kappa shape index (κ2) is 12.2. The van der Waals surface area contributed by atoms with E-state index in [2.05, 4.69) is 161 Å². The van der Waals surface area contributed by atoms with Crippen LogP contribution in [0.15, 0.2) is 133 Å². The zero-order valence-corrected chi connectivity index (χ0v) is 29.7. The Bertz CT molecular complexity index is 2460. The molecule has 3 atom stereocenters. The first-order chi connectivity index (χ1) is 25.1. The van der Waals surface area contributed by atoms with E-state index in [1.54, 1.807) is 0 Å². The Labute approximate surface area is 299 Å². The highest BCUT2D eigenvalue weighted by atomic mass is 15.0. The topological polar surface area (TPSA) is 14.8 Å². The van der Waals surface area contributed by atoms with Gasteiger partial charge < -0.3 is 13.7 Å². The number of benzene rings is 6. The minimum atomic E-state index is 0.893. The van der Waals surface area contributed by atoms with Crippen molar-refractivity contribution in [2.24, 2.45) is 17.8 Å². The number of rotatable bonds is 8. The van der Waals surface area contributed by atoms with Gasteiger partial charge in [0.1, 0.15) is 0 Å². The third kappa shape index (κ3) is 4.93. The van der Waals surface area contributed by atoms with Gasteiger partial charge >= 0.3 is 0 Å². The first kappa shape index (κ1) is 30.5. The van der Waals surface area contributed by atoms with Crippen LogP contribution in [0.4, 0.5) is 0 Å². The Balaban J connectivity index is 1.11. The summed E-state index contributed by atoms with van der Waals surface area (Å²) in [6.45, 7) is 5.96. The summed E-state index contributed by atoms with van der Waals surface area (Å²) in [6, 6.07) is 49.7. The molecule has 3 nitrogen and oxygen atoms in total. The molecule has 0 bridgehead atoms. The lowest BCUT2D eigenvalue weighted by Gasteiger charge is -2.15.